The van der Waals surface area contributed by atoms with E-state index in [1.807, 2.05) is 32.0 Å². The largest absolute Gasteiger partial charge is 0.479 e. The third kappa shape index (κ3) is 3.84. The fourth-order valence-electron chi connectivity index (χ4n) is 3.34. The Hall–Kier alpha value is -3.15. The maximum Gasteiger partial charge on any atom is 0.331 e. The Labute approximate surface area is 157 Å². The molecule has 1 aliphatic heterocycles. The van der Waals surface area contributed by atoms with Crippen molar-refractivity contribution in [3.8, 4) is 0 Å². The predicted octanol–water partition coefficient (Wildman–Crippen LogP) is 2.24. The van der Waals surface area contributed by atoms with Crippen molar-refractivity contribution in [3.63, 3.8) is 0 Å². The Morgan fingerprint density at radius 3 is 2.56 bits per heavy atom. The van der Waals surface area contributed by atoms with Gasteiger partial charge in [-0.25, -0.2) is 4.79 Å². The van der Waals surface area contributed by atoms with Crippen molar-refractivity contribution < 1.29 is 19.5 Å². The standard InChI is InChI=1S/C21H22N2O4/c1-13-7-8-16(11-14(13)2)20(25)22-12-18(24)23-10-9-15-5-3-4-6-17(15)19(23)21(26)27/h3-8,11,19H,9-10,12H2,1-2H3,(H,22,25)(H,26,27). The molecule has 0 radical (unpaired) electrons. The van der Waals surface area contributed by atoms with Crippen molar-refractivity contribution >= 4 is 17.8 Å². The smallest absolute Gasteiger partial charge is 0.331 e. The third-order valence-corrected chi connectivity index (χ3v) is 5.01. The molecule has 140 valence electrons. The topological polar surface area (TPSA) is 86.7 Å². The first-order valence-corrected chi connectivity index (χ1v) is 8.84. The lowest BCUT2D eigenvalue weighted by Gasteiger charge is -2.34. The number of hydrogen-bond acceptors (Lipinski definition) is 3. The lowest BCUT2D eigenvalue weighted by molar-refractivity contribution is -0.150. The zero-order chi connectivity index (χ0) is 19.6. The number of hydrogen-bond donors (Lipinski definition) is 2. The van der Waals surface area contributed by atoms with Crippen LogP contribution in [0.4, 0.5) is 0 Å². The van der Waals surface area contributed by atoms with Crippen molar-refractivity contribution in [2.24, 2.45) is 0 Å². The van der Waals surface area contributed by atoms with Gasteiger partial charge < -0.3 is 15.3 Å². The summed E-state index contributed by atoms with van der Waals surface area (Å²) in [6.45, 7) is 3.95. The summed E-state index contributed by atoms with van der Waals surface area (Å²) in [5.74, 6) is -1.83. The maximum atomic E-state index is 12.6. The van der Waals surface area contributed by atoms with E-state index < -0.39 is 17.9 Å². The second-order valence-corrected chi connectivity index (χ2v) is 6.76. The molecule has 0 fully saturated rings. The van der Waals surface area contributed by atoms with Crippen LogP contribution in [-0.4, -0.2) is 40.9 Å². The summed E-state index contributed by atoms with van der Waals surface area (Å²) in [6.07, 6.45) is 0.594. The highest BCUT2D eigenvalue weighted by Gasteiger charge is 2.35. The molecule has 0 aliphatic carbocycles. The molecular formula is C21H22N2O4. The van der Waals surface area contributed by atoms with E-state index in [1.54, 1.807) is 24.3 Å². The minimum Gasteiger partial charge on any atom is -0.479 e. The zero-order valence-electron chi connectivity index (χ0n) is 15.4. The molecule has 0 saturated carbocycles. The minimum absolute atomic E-state index is 0.238. The van der Waals surface area contributed by atoms with Crippen LogP contribution in [0.15, 0.2) is 42.5 Å². The van der Waals surface area contributed by atoms with E-state index in [0.29, 0.717) is 24.1 Å². The summed E-state index contributed by atoms with van der Waals surface area (Å²) in [5.41, 5.74) is 4.12. The van der Waals surface area contributed by atoms with Crippen LogP contribution in [0.2, 0.25) is 0 Å². The first-order chi connectivity index (χ1) is 12.9. The Balaban J connectivity index is 1.71. The first-order valence-electron chi connectivity index (χ1n) is 8.84. The Morgan fingerprint density at radius 2 is 1.85 bits per heavy atom. The van der Waals surface area contributed by atoms with Gasteiger partial charge in [0, 0.05) is 12.1 Å². The molecule has 6 nitrogen and oxygen atoms in total. The van der Waals surface area contributed by atoms with E-state index >= 15 is 0 Å². The number of nitrogens with one attached hydrogen (secondary N) is 1. The molecule has 2 aromatic rings. The number of nitrogens with zero attached hydrogens (tertiary/aromatic N) is 1. The third-order valence-electron chi connectivity index (χ3n) is 5.01. The van der Waals surface area contributed by atoms with E-state index in [1.165, 1.54) is 4.90 Å². The monoisotopic (exact) mass is 366 g/mol. The quantitative estimate of drug-likeness (QED) is 0.869. The number of carbonyl (C=O) groups excluding carboxylic acids is 2. The highest BCUT2D eigenvalue weighted by Crippen LogP contribution is 2.29. The summed E-state index contributed by atoms with van der Waals surface area (Å²) >= 11 is 0. The predicted molar refractivity (Wildman–Crippen MR) is 100 cm³/mol. The molecule has 1 atom stereocenters. The molecule has 0 spiro atoms. The number of aliphatic carboxylic acids is 1. The zero-order valence-corrected chi connectivity index (χ0v) is 15.4. The minimum atomic E-state index is -1.07. The number of carboxylic acids is 1. The van der Waals surface area contributed by atoms with Gasteiger partial charge in [-0.2, -0.15) is 0 Å². The number of amides is 2. The van der Waals surface area contributed by atoms with Crippen LogP contribution in [0, 0.1) is 13.8 Å². The maximum absolute atomic E-state index is 12.6. The molecule has 0 bridgehead atoms. The van der Waals surface area contributed by atoms with Crippen LogP contribution in [0.3, 0.4) is 0 Å². The second-order valence-electron chi connectivity index (χ2n) is 6.76. The number of carboxylic acid groups (broad SMARTS) is 1. The van der Waals surface area contributed by atoms with E-state index in [-0.39, 0.29) is 12.5 Å². The van der Waals surface area contributed by atoms with Crippen LogP contribution in [0.25, 0.3) is 0 Å². The van der Waals surface area contributed by atoms with E-state index in [0.717, 1.165) is 16.7 Å². The van der Waals surface area contributed by atoms with Crippen LogP contribution < -0.4 is 5.32 Å². The lowest BCUT2D eigenvalue weighted by atomic mass is 9.92. The van der Waals surface area contributed by atoms with Gasteiger partial charge in [0.05, 0.1) is 6.54 Å². The fourth-order valence-corrected chi connectivity index (χ4v) is 3.34. The van der Waals surface area contributed by atoms with Gasteiger partial charge in [0.15, 0.2) is 6.04 Å². The summed E-state index contributed by atoms with van der Waals surface area (Å²) < 4.78 is 0. The number of carbonyl (C=O) groups is 3. The molecule has 2 N–H and O–H groups in total. The molecule has 2 amide bonds. The Bertz CT molecular complexity index is 907. The first kappa shape index (κ1) is 18.6. The summed E-state index contributed by atoms with van der Waals surface area (Å²) in [7, 11) is 0. The number of fused-ring (bicyclic) bond motifs is 1. The van der Waals surface area contributed by atoms with Gasteiger partial charge in [0.25, 0.3) is 5.91 Å². The summed E-state index contributed by atoms with van der Waals surface area (Å²) in [5, 5.41) is 12.2. The van der Waals surface area contributed by atoms with E-state index in [9.17, 15) is 19.5 Å². The fraction of sp³-hybridized carbons (Fsp3) is 0.286. The van der Waals surface area contributed by atoms with Gasteiger partial charge >= 0.3 is 5.97 Å². The van der Waals surface area contributed by atoms with Crippen molar-refractivity contribution in [2.75, 3.05) is 13.1 Å². The van der Waals surface area contributed by atoms with Crippen molar-refractivity contribution in [2.45, 2.75) is 26.3 Å². The molecule has 3 rings (SSSR count). The highest BCUT2D eigenvalue weighted by molar-refractivity contribution is 5.97. The second kappa shape index (κ2) is 7.61. The van der Waals surface area contributed by atoms with Crippen LogP contribution in [0.5, 0.6) is 0 Å². The van der Waals surface area contributed by atoms with Crippen molar-refractivity contribution in [3.05, 3.63) is 70.3 Å². The number of benzene rings is 2. The van der Waals surface area contributed by atoms with Gasteiger partial charge in [-0.3, -0.25) is 9.59 Å². The normalized spacial score (nSPS) is 15.8. The van der Waals surface area contributed by atoms with Gasteiger partial charge in [-0.1, -0.05) is 30.3 Å². The number of aryl methyl sites for hydroxylation is 2. The molecular weight excluding hydrogens is 344 g/mol. The lowest BCUT2D eigenvalue weighted by Crippen LogP contribution is -2.47. The molecule has 1 aliphatic rings. The van der Waals surface area contributed by atoms with Gasteiger partial charge in [0.2, 0.25) is 5.91 Å². The number of rotatable bonds is 4. The van der Waals surface area contributed by atoms with Gasteiger partial charge in [-0.05, 0) is 54.7 Å². The van der Waals surface area contributed by atoms with Crippen LogP contribution in [0.1, 0.15) is 38.7 Å². The molecule has 27 heavy (non-hydrogen) atoms. The molecule has 0 saturated heterocycles. The highest BCUT2D eigenvalue weighted by atomic mass is 16.4. The SMILES string of the molecule is Cc1ccc(C(=O)NCC(=O)N2CCc3ccccc3C2C(=O)O)cc1C. The van der Waals surface area contributed by atoms with Crippen LogP contribution in [-0.2, 0) is 16.0 Å². The summed E-state index contributed by atoms with van der Waals surface area (Å²) in [4.78, 5) is 38.0. The van der Waals surface area contributed by atoms with E-state index in [2.05, 4.69) is 5.32 Å². The molecule has 0 aromatic heterocycles. The molecule has 1 unspecified atom stereocenters. The average molecular weight is 366 g/mol. The summed E-state index contributed by atoms with van der Waals surface area (Å²) in [6, 6.07) is 11.6. The van der Waals surface area contributed by atoms with E-state index in [4.69, 9.17) is 0 Å². The molecule has 6 heteroatoms. The van der Waals surface area contributed by atoms with Crippen LogP contribution >= 0.6 is 0 Å². The van der Waals surface area contributed by atoms with Crippen molar-refractivity contribution in [1.82, 2.24) is 10.2 Å². The average Bonchev–Trinajstić information content (AvgIpc) is 2.66. The Morgan fingerprint density at radius 1 is 1.11 bits per heavy atom. The van der Waals surface area contributed by atoms with Gasteiger partial charge in [0.1, 0.15) is 0 Å². The molecule has 1 heterocycles. The van der Waals surface area contributed by atoms with Crippen molar-refractivity contribution in [1.29, 1.82) is 0 Å². The van der Waals surface area contributed by atoms with Gasteiger partial charge in [-0.15, -0.1) is 0 Å². The Kier molecular flexibility index (Phi) is 5.26. The molecule has 2 aromatic carbocycles.